The van der Waals surface area contributed by atoms with E-state index in [1.165, 1.54) is 12.8 Å². The van der Waals surface area contributed by atoms with Crippen LogP contribution in [0.3, 0.4) is 0 Å². The monoisotopic (exact) mass is 187 g/mol. The molecular weight excluding hydrogens is 174 g/mol. The maximum Gasteiger partial charge on any atom is 0.240 e. The lowest BCUT2D eigenvalue weighted by Gasteiger charge is -2.27. The highest BCUT2D eigenvalue weighted by atomic mass is 35.5. The third-order valence-electron chi connectivity index (χ3n) is 2.95. The Morgan fingerprint density at radius 1 is 1.58 bits per heavy atom. The Labute approximate surface area is 77.9 Å². The summed E-state index contributed by atoms with van der Waals surface area (Å²) >= 11 is 5.73. The summed E-state index contributed by atoms with van der Waals surface area (Å²) in [5.41, 5.74) is 0. The van der Waals surface area contributed by atoms with E-state index in [-0.39, 0.29) is 11.3 Å². The number of hydrogen-bond donors (Lipinski definition) is 0. The molecule has 0 radical (unpaired) electrons. The highest BCUT2D eigenvalue weighted by Gasteiger charge is 2.42. The maximum atomic E-state index is 11.5. The van der Waals surface area contributed by atoms with Crippen LogP contribution in [0.25, 0.3) is 0 Å². The number of piperidine rings is 1. The van der Waals surface area contributed by atoms with Gasteiger partial charge >= 0.3 is 0 Å². The molecule has 1 heterocycles. The Morgan fingerprint density at radius 3 is 2.92 bits per heavy atom. The van der Waals surface area contributed by atoms with Crippen LogP contribution in [0, 0.1) is 11.8 Å². The number of alkyl halides is 1. The van der Waals surface area contributed by atoms with Crippen LogP contribution in [0.4, 0.5) is 0 Å². The van der Waals surface area contributed by atoms with Crippen molar-refractivity contribution in [2.45, 2.75) is 25.1 Å². The van der Waals surface area contributed by atoms with Crippen LogP contribution in [0.5, 0.6) is 0 Å². The molecule has 1 saturated heterocycles. The minimum absolute atomic E-state index is 0.113. The topological polar surface area (TPSA) is 20.3 Å². The lowest BCUT2D eigenvalue weighted by molar-refractivity contribution is -0.131. The van der Waals surface area contributed by atoms with Crippen molar-refractivity contribution in [2.24, 2.45) is 11.8 Å². The second kappa shape index (κ2) is 2.91. The SMILES string of the molecule is CC(Cl)C(=O)N1CCC2CC2C1. The lowest BCUT2D eigenvalue weighted by Crippen LogP contribution is -2.40. The van der Waals surface area contributed by atoms with Gasteiger partial charge in [0.1, 0.15) is 5.38 Å². The molecule has 68 valence electrons. The number of rotatable bonds is 1. The van der Waals surface area contributed by atoms with Gasteiger partial charge in [-0.25, -0.2) is 0 Å². The average molecular weight is 188 g/mol. The van der Waals surface area contributed by atoms with Crippen LogP contribution >= 0.6 is 11.6 Å². The van der Waals surface area contributed by atoms with E-state index in [4.69, 9.17) is 11.6 Å². The number of likely N-dealkylation sites (tertiary alicyclic amines) is 1. The van der Waals surface area contributed by atoms with Crippen LogP contribution < -0.4 is 0 Å². The number of amides is 1. The van der Waals surface area contributed by atoms with Crippen molar-refractivity contribution < 1.29 is 4.79 Å². The minimum Gasteiger partial charge on any atom is -0.341 e. The van der Waals surface area contributed by atoms with Crippen molar-refractivity contribution in [3.63, 3.8) is 0 Å². The smallest absolute Gasteiger partial charge is 0.240 e. The van der Waals surface area contributed by atoms with Gasteiger partial charge in [0, 0.05) is 13.1 Å². The van der Waals surface area contributed by atoms with E-state index in [2.05, 4.69) is 0 Å². The summed E-state index contributed by atoms with van der Waals surface area (Å²) in [5.74, 6) is 1.85. The van der Waals surface area contributed by atoms with Crippen LogP contribution in [-0.4, -0.2) is 29.3 Å². The first-order valence-corrected chi connectivity index (χ1v) is 5.05. The van der Waals surface area contributed by atoms with Gasteiger partial charge in [-0.3, -0.25) is 4.79 Å². The van der Waals surface area contributed by atoms with E-state index in [1.807, 2.05) is 4.90 Å². The second-order valence-corrected chi connectivity index (χ2v) is 4.60. The zero-order valence-corrected chi connectivity index (χ0v) is 8.05. The Balaban J connectivity index is 1.91. The molecule has 2 nitrogen and oxygen atoms in total. The van der Waals surface area contributed by atoms with Crippen LogP contribution in [-0.2, 0) is 4.79 Å². The number of hydrogen-bond acceptors (Lipinski definition) is 1. The predicted molar refractivity (Wildman–Crippen MR) is 48.1 cm³/mol. The first-order chi connectivity index (χ1) is 5.68. The number of carbonyl (C=O) groups excluding carboxylic acids is 1. The molecule has 0 aromatic heterocycles. The van der Waals surface area contributed by atoms with Crippen molar-refractivity contribution in [2.75, 3.05) is 13.1 Å². The van der Waals surface area contributed by atoms with Crippen LogP contribution in [0.2, 0.25) is 0 Å². The summed E-state index contributed by atoms with van der Waals surface area (Å²) in [6, 6.07) is 0. The molecular formula is C9H14ClNO. The van der Waals surface area contributed by atoms with Gasteiger partial charge < -0.3 is 4.90 Å². The first kappa shape index (κ1) is 8.36. The van der Waals surface area contributed by atoms with E-state index in [0.717, 1.165) is 24.9 Å². The molecule has 1 aliphatic carbocycles. The predicted octanol–water partition coefficient (Wildman–Crippen LogP) is 1.48. The van der Waals surface area contributed by atoms with Crippen molar-refractivity contribution in [1.29, 1.82) is 0 Å². The summed E-state index contributed by atoms with van der Waals surface area (Å²) < 4.78 is 0. The molecule has 1 aliphatic heterocycles. The second-order valence-electron chi connectivity index (χ2n) is 3.94. The molecule has 0 spiro atoms. The molecule has 2 fully saturated rings. The molecule has 3 atom stereocenters. The van der Waals surface area contributed by atoms with E-state index in [9.17, 15) is 4.79 Å². The third-order valence-corrected chi connectivity index (χ3v) is 3.13. The molecule has 3 heteroatoms. The van der Waals surface area contributed by atoms with Crippen LogP contribution in [0.15, 0.2) is 0 Å². The first-order valence-electron chi connectivity index (χ1n) is 4.61. The van der Waals surface area contributed by atoms with Gasteiger partial charge in [0.2, 0.25) is 5.91 Å². The summed E-state index contributed by atoms with van der Waals surface area (Å²) in [7, 11) is 0. The Bertz CT molecular complexity index is 205. The molecule has 0 aromatic rings. The lowest BCUT2D eigenvalue weighted by atomic mass is 10.1. The molecule has 0 N–H and O–H groups in total. The van der Waals surface area contributed by atoms with Gasteiger partial charge in [-0.15, -0.1) is 11.6 Å². The summed E-state index contributed by atoms with van der Waals surface area (Å²) in [4.78, 5) is 13.4. The van der Waals surface area contributed by atoms with Gasteiger partial charge in [-0.2, -0.15) is 0 Å². The van der Waals surface area contributed by atoms with E-state index in [0.29, 0.717) is 0 Å². The van der Waals surface area contributed by atoms with Crippen molar-refractivity contribution >= 4 is 17.5 Å². The molecule has 3 unspecified atom stereocenters. The maximum absolute atomic E-state index is 11.5. The van der Waals surface area contributed by atoms with Crippen molar-refractivity contribution in [3.8, 4) is 0 Å². The normalized spacial score (nSPS) is 35.7. The molecule has 12 heavy (non-hydrogen) atoms. The third kappa shape index (κ3) is 1.45. The highest BCUT2D eigenvalue weighted by Crippen LogP contribution is 2.44. The standard InChI is InChI=1S/C9H14ClNO/c1-6(10)9(12)11-3-2-7-4-8(7)5-11/h6-8H,2-5H2,1H3. The van der Waals surface area contributed by atoms with Gasteiger partial charge in [-0.05, 0) is 31.6 Å². The quantitative estimate of drug-likeness (QED) is 0.570. The molecule has 0 aromatic carbocycles. The number of fused-ring (bicyclic) bond motifs is 1. The van der Waals surface area contributed by atoms with Gasteiger partial charge in [0.25, 0.3) is 0 Å². The molecule has 1 saturated carbocycles. The fourth-order valence-corrected chi connectivity index (χ4v) is 2.17. The highest BCUT2D eigenvalue weighted by molar-refractivity contribution is 6.30. The Hall–Kier alpha value is -0.240. The molecule has 2 rings (SSSR count). The molecule has 0 bridgehead atoms. The van der Waals surface area contributed by atoms with Gasteiger partial charge in [-0.1, -0.05) is 0 Å². The Kier molecular flexibility index (Phi) is 2.03. The largest absolute Gasteiger partial charge is 0.341 e. The minimum atomic E-state index is -0.347. The van der Waals surface area contributed by atoms with E-state index >= 15 is 0 Å². The summed E-state index contributed by atoms with van der Waals surface area (Å²) in [6.45, 7) is 3.64. The van der Waals surface area contributed by atoms with Crippen LogP contribution in [0.1, 0.15) is 19.8 Å². The summed E-state index contributed by atoms with van der Waals surface area (Å²) in [6.07, 6.45) is 2.53. The molecule has 1 amide bonds. The van der Waals surface area contributed by atoms with E-state index < -0.39 is 0 Å². The van der Waals surface area contributed by atoms with Crippen molar-refractivity contribution in [1.82, 2.24) is 4.90 Å². The zero-order chi connectivity index (χ0) is 8.72. The van der Waals surface area contributed by atoms with E-state index in [1.54, 1.807) is 6.92 Å². The molecule has 2 aliphatic rings. The van der Waals surface area contributed by atoms with Gasteiger partial charge in [0.05, 0.1) is 0 Å². The fourth-order valence-electron chi connectivity index (χ4n) is 2.04. The van der Waals surface area contributed by atoms with Gasteiger partial charge in [0.15, 0.2) is 0 Å². The number of carbonyl (C=O) groups is 1. The fraction of sp³-hybridized carbons (Fsp3) is 0.889. The number of halogens is 1. The number of nitrogens with zero attached hydrogens (tertiary/aromatic N) is 1. The average Bonchev–Trinajstić information content (AvgIpc) is 2.79. The van der Waals surface area contributed by atoms with Crippen molar-refractivity contribution in [3.05, 3.63) is 0 Å². The Morgan fingerprint density at radius 2 is 2.33 bits per heavy atom. The zero-order valence-electron chi connectivity index (χ0n) is 7.29. The summed E-state index contributed by atoms with van der Waals surface area (Å²) in [5, 5.41) is -0.347.